The summed E-state index contributed by atoms with van der Waals surface area (Å²) < 4.78 is 7.47. The molecule has 0 aromatic heterocycles. The summed E-state index contributed by atoms with van der Waals surface area (Å²) in [4.78, 5) is 39.2. The van der Waals surface area contributed by atoms with Crippen LogP contribution in [0.3, 0.4) is 0 Å². The summed E-state index contributed by atoms with van der Waals surface area (Å²) in [6, 6.07) is 6.09. The molecule has 2 amide bonds. The zero-order valence-electron chi connectivity index (χ0n) is 19.6. The van der Waals surface area contributed by atoms with E-state index in [0.717, 1.165) is 32.1 Å². The molecule has 1 unspecified atom stereocenters. The highest BCUT2D eigenvalue weighted by atomic mass is 32.2. The molecule has 1 aliphatic heterocycles. The van der Waals surface area contributed by atoms with Crippen molar-refractivity contribution in [3.05, 3.63) is 34.4 Å². The van der Waals surface area contributed by atoms with Crippen LogP contribution in [0.4, 0.5) is 10.5 Å². The number of alkyl carbamates (subject to hydrolysis) is 1. The van der Waals surface area contributed by atoms with Crippen LogP contribution < -0.4 is 5.32 Å². The Morgan fingerprint density at radius 1 is 1.12 bits per heavy atom. The summed E-state index contributed by atoms with van der Waals surface area (Å²) in [5.74, 6) is 0.0428. The number of carbonyl (C=O) groups excluding carboxylic acids is 2. The van der Waals surface area contributed by atoms with E-state index < -0.39 is 17.7 Å². The summed E-state index contributed by atoms with van der Waals surface area (Å²) in [7, 11) is 0. The second-order valence-corrected chi connectivity index (χ2v) is 10.7. The van der Waals surface area contributed by atoms with Gasteiger partial charge in [0.15, 0.2) is 0 Å². The predicted octanol–water partition coefficient (Wildman–Crippen LogP) is 4.22. The van der Waals surface area contributed by atoms with E-state index in [1.165, 1.54) is 18.0 Å². The van der Waals surface area contributed by atoms with Crippen LogP contribution in [-0.4, -0.2) is 64.0 Å². The molecule has 9 nitrogen and oxygen atoms in total. The van der Waals surface area contributed by atoms with Crippen LogP contribution in [0, 0.1) is 16.0 Å². The lowest BCUT2D eigenvalue weighted by Crippen LogP contribution is -2.57. The summed E-state index contributed by atoms with van der Waals surface area (Å²) >= 11 is 1.35. The van der Waals surface area contributed by atoms with Crippen LogP contribution >= 0.6 is 11.9 Å². The Labute approximate surface area is 199 Å². The average Bonchev–Trinajstić information content (AvgIpc) is 2.77. The fourth-order valence-electron chi connectivity index (χ4n) is 4.30. The number of rotatable bonds is 6. The molecule has 2 fully saturated rings. The highest BCUT2D eigenvalue weighted by Gasteiger charge is 2.36. The van der Waals surface area contributed by atoms with Gasteiger partial charge < -0.3 is 15.0 Å². The quantitative estimate of drug-likeness (QED) is 0.371. The number of amides is 2. The Bertz CT molecular complexity index is 845. The first-order valence-electron chi connectivity index (χ1n) is 11.6. The van der Waals surface area contributed by atoms with Crippen molar-refractivity contribution in [2.75, 3.05) is 26.2 Å². The topological polar surface area (TPSA) is 105 Å². The van der Waals surface area contributed by atoms with E-state index in [9.17, 15) is 19.7 Å². The first-order chi connectivity index (χ1) is 15.6. The van der Waals surface area contributed by atoms with Crippen molar-refractivity contribution in [1.29, 1.82) is 0 Å². The summed E-state index contributed by atoms with van der Waals surface area (Å²) in [5, 5.41) is 14.1. The number of nitro groups is 1. The van der Waals surface area contributed by atoms with Crippen molar-refractivity contribution < 1.29 is 19.2 Å². The molecule has 0 spiro atoms. The van der Waals surface area contributed by atoms with Gasteiger partial charge in [-0.25, -0.2) is 9.10 Å². The molecule has 1 saturated carbocycles. The monoisotopic (exact) mass is 478 g/mol. The minimum absolute atomic E-state index is 0.0666. The Kier molecular flexibility index (Phi) is 8.58. The van der Waals surface area contributed by atoms with Crippen LogP contribution in [0.1, 0.15) is 52.9 Å². The van der Waals surface area contributed by atoms with Crippen LogP contribution in [0.25, 0.3) is 0 Å². The lowest BCUT2D eigenvalue weighted by atomic mass is 9.83. The van der Waals surface area contributed by atoms with Crippen LogP contribution in [0.5, 0.6) is 0 Å². The van der Waals surface area contributed by atoms with E-state index in [-0.39, 0.29) is 22.4 Å². The van der Waals surface area contributed by atoms with E-state index >= 15 is 0 Å². The third-order valence-electron chi connectivity index (χ3n) is 5.90. The zero-order valence-corrected chi connectivity index (χ0v) is 20.4. The maximum absolute atomic E-state index is 13.4. The van der Waals surface area contributed by atoms with Crippen molar-refractivity contribution in [2.24, 2.45) is 5.92 Å². The zero-order chi connectivity index (χ0) is 24.0. The number of hydrogen-bond donors (Lipinski definition) is 1. The molecular formula is C23H34N4O5S. The first kappa shape index (κ1) is 25.3. The van der Waals surface area contributed by atoms with Crippen molar-refractivity contribution in [3.8, 4) is 0 Å². The van der Waals surface area contributed by atoms with Crippen molar-refractivity contribution in [2.45, 2.75) is 69.4 Å². The maximum atomic E-state index is 13.4. The van der Waals surface area contributed by atoms with Gasteiger partial charge in [-0.1, -0.05) is 31.4 Å². The van der Waals surface area contributed by atoms with Gasteiger partial charge in [-0.3, -0.25) is 14.9 Å². The number of nitro benzene ring substituents is 1. The third kappa shape index (κ3) is 7.33. The first-order valence-corrected chi connectivity index (χ1v) is 12.4. The van der Waals surface area contributed by atoms with Gasteiger partial charge in [0.05, 0.1) is 4.92 Å². The Morgan fingerprint density at radius 2 is 1.76 bits per heavy atom. The van der Waals surface area contributed by atoms with Crippen molar-refractivity contribution in [3.63, 3.8) is 0 Å². The molecule has 2 aliphatic rings. The van der Waals surface area contributed by atoms with Crippen LogP contribution in [0.2, 0.25) is 0 Å². The van der Waals surface area contributed by atoms with Gasteiger partial charge in [-0.15, -0.1) is 0 Å². The Balaban J connectivity index is 1.62. The molecule has 10 heteroatoms. The normalized spacial score (nSPS) is 19.1. The molecule has 1 heterocycles. The van der Waals surface area contributed by atoms with Crippen LogP contribution in [0.15, 0.2) is 29.2 Å². The molecule has 1 saturated heterocycles. The summed E-state index contributed by atoms with van der Waals surface area (Å²) in [6.07, 6.45) is 4.55. The van der Waals surface area contributed by atoms with Crippen molar-refractivity contribution in [1.82, 2.24) is 14.5 Å². The van der Waals surface area contributed by atoms with Crippen LogP contribution in [-0.2, 0) is 9.53 Å². The van der Waals surface area contributed by atoms with E-state index in [1.807, 2.05) is 4.31 Å². The molecule has 182 valence electrons. The number of nitrogens with one attached hydrogen (secondary N) is 1. The number of ether oxygens (including phenoxy) is 1. The number of nitrogens with zero attached hydrogens (tertiary/aromatic N) is 3. The van der Waals surface area contributed by atoms with Gasteiger partial charge >= 0.3 is 6.09 Å². The fraction of sp³-hybridized carbons (Fsp3) is 0.652. The Morgan fingerprint density at radius 3 is 2.36 bits per heavy atom. The maximum Gasteiger partial charge on any atom is 0.408 e. The highest BCUT2D eigenvalue weighted by molar-refractivity contribution is 7.97. The molecule has 1 N–H and O–H groups in total. The largest absolute Gasteiger partial charge is 0.444 e. The number of benzene rings is 1. The molecule has 0 radical (unpaired) electrons. The summed E-state index contributed by atoms with van der Waals surface area (Å²) in [6.45, 7) is 7.60. The van der Waals surface area contributed by atoms with Gasteiger partial charge in [0.2, 0.25) is 5.91 Å². The molecule has 0 bridgehead atoms. The van der Waals surface area contributed by atoms with Crippen molar-refractivity contribution >= 4 is 29.6 Å². The lowest BCUT2D eigenvalue weighted by Gasteiger charge is -2.38. The van der Waals surface area contributed by atoms with Gasteiger partial charge in [0, 0.05) is 32.2 Å². The molecule has 1 aliphatic carbocycles. The molecular weight excluding hydrogens is 444 g/mol. The number of piperazine rings is 1. The second kappa shape index (κ2) is 11.2. The molecule has 1 aromatic carbocycles. The smallest absolute Gasteiger partial charge is 0.408 e. The third-order valence-corrected chi connectivity index (χ3v) is 7.06. The van der Waals surface area contributed by atoms with Gasteiger partial charge in [0.1, 0.15) is 16.5 Å². The van der Waals surface area contributed by atoms with Gasteiger partial charge in [-0.2, -0.15) is 0 Å². The average molecular weight is 479 g/mol. The molecule has 3 rings (SSSR count). The number of carbonyl (C=O) groups is 2. The van der Waals surface area contributed by atoms with Gasteiger partial charge in [-0.05, 0) is 57.5 Å². The van der Waals surface area contributed by atoms with E-state index in [1.54, 1.807) is 43.9 Å². The number of para-hydroxylation sites is 1. The van der Waals surface area contributed by atoms with Gasteiger partial charge in [0.25, 0.3) is 5.69 Å². The lowest BCUT2D eigenvalue weighted by molar-refractivity contribution is -0.387. The highest BCUT2D eigenvalue weighted by Crippen LogP contribution is 2.32. The minimum atomic E-state index is -0.632. The second-order valence-electron chi connectivity index (χ2n) is 9.59. The SMILES string of the molecule is CC(C)(C)OC(=O)NC(C(=O)N1CCN(Sc2ccccc2[N+](=O)[O-])CC1)C1CCCCC1. The Hall–Kier alpha value is -2.33. The van der Waals surface area contributed by atoms with E-state index in [0.29, 0.717) is 31.1 Å². The standard InChI is InChI=1S/C23H34N4O5S/c1-23(2,3)32-22(29)24-20(17-9-5-4-6-10-17)21(28)25-13-15-26(16-14-25)33-19-12-8-7-11-18(19)27(30)31/h7-8,11-12,17,20H,4-6,9-10,13-16H2,1-3H3,(H,24,29). The van der Waals surface area contributed by atoms with E-state index in [4.69, 9.17) is 4.74 Å². The molecule has 1 atom stereocenters. The minimum Gasteiger partial charge on any atom is -0.444 e. The molecule has 1 aromatic rings. The fourth-order valence-corrected chi connectivity index (χ4v) is 5.30. The summed E-state index contributed by atoms with van der Waals surface area (Å²) in [5.41, 5.74) is -0.549. The predicted molar refractivity (Wildman–Crippen MR) is 127 cm³/mol. The van der Waals surface area contributed by atoms with E-state index in [2.05, 4.69) is 5.32 Å². The number of hydrogen-bond acceptors (Lipinski definition) is 7. The molecule has 33 heavy (non-hydrogen) atoms.